The Hall–Kier alpha value is -0.400. The number of hydrogen-bond acceptors (Lipinski definition) is 1. The summed E-state index contributed by atoms with van der Waals surface area (Å²) in [5, 5.41) is 10.2. The predicted molar refractivity (Wildman–Crippen MR) is 58.9 cm³/mol. The van der Waals surface area contributed by atoms with Crippen LogP contribution < -0.4 is 0 Å². The fraction of sp³-hybridized carbons (Fsp3) is 0.400. The minimum Gasteiger partial charge on any atom is -0.508 e. The molecular weight excluding hydrogens is 207 g/mol. The lowest BCUT2D eigenvalue weighted by molar-refractivity contribution is 0.469. The van der Waals surface area contributed by atoms with Gasteiger partial charge in [-0.2, -0.15) is 0 Å². The van der Waals surface area contributed by atoms with Crippen LogP contribution in [-0.4, -0.2) is 5.11 Å². The standard InChI is InChI=1S/C8H8Cl2O.C2H6/c1-2-5-3-6(9)7(10)4-8(5)11;1-2/h3-4,11H,2H2,1H3;1-2H3. The van der Waals surface area contributed by atoms with Gasteiger partial charge in [0.1, 0.15) is 5.75 Å². The zero-order chi connectivity index (χ0) is 10.4. The van der Waals surface area contributed by atoms with E-state index in [0.29, 0.717) is 10.0 Å². The van der Waals surface area contributed by atoms with Crippen molar-refractivity contribution in [2.45, 2.75) is 27.2 Å². The summed E-state index contributed by atoms with van der Waals surface area (Å²) in [6, 6.07) is 3.14. The average Bonchev–Trinajstić information content (AvgIpc) is 2.15. The molecule has 0 bridgehead atoms. The Bertz CT molecular complexity index is 272. The van der Waals surface area contributed by atoms with Crippen LogP contribution >= 0.6 is 23.2 Å². The Kier molecular flexibility index (Phi) is 5.93. The van der Waals surface area contributed by atoms with Gasteiger partial charge in [0.05, 0.1) is 10.0 Å². The number of aromatic hydroxyl groups is 1. The fourth-order valence-corrected chi connectivity index (χ4v) is 1.20. The van der Waals surface area contributed by atoms with Crippen molar-refractivity contribution in [1.82, 2.24) is 0 Å². The van der Waals surface area contributed by atoms with Gasteiger partial charge >= 0.3 is 0 Å². The average molecular weight is 221 g/mol. The molecule has 1 aromatic carbocycles. The first-order valence-corrected chi connectivity index (χ1v) is 5.07. The van der Waals surface area contributed by atoms with Gasteiger partial charge in [0.15, 0.2) is 0 Å². The van der Waals surface area contributed by atoms with E-state index in [0.717, 1.165) is 12.0 Å². The van der Waals surface area contributed by atoms with Crippen LogP contribution in [0.5, 0.6) is 5.75 Å². The van der Waals surface area contributed by atoms with Gasteiger partial charge < -0.3 is 5.11 Å². The van der Waals surface area contributed by atoms with Crippen molar-refractivity contribution < 1.29 is 5.11 Å². The Morgan fingerprint density at radius 2 is 1.62 bits per heavy atom. The number of phenols is 1. The molecule has 1 nitrogen and oxygen atoms in total. The third-order valence-electron chi connectivity index (χ3n) is 1.50. The summed E-state index contributed by atoms with van der Waals surface area (Å²) in [7, 11) is 0. The van der Waals surface area contributed by atoms with E-state index < -0.39 is 0 Å². The SMILES string of the molecule is CC.CCc1cc(Cl)c(Cl)cc1O. The number of aryl methyl sites for hydroxylation is 1. The van der Waals surface area contributed by atoms with Crippen molar-refractivity contribution in [3.63, 3.8) is 0 Å². The molecule has 0 amide bonds. The van der Waals surface area contributed by atoms with Crippen molar-refractivity contribution in [2.75, 3.05) is 0 Å². The molecule has 0 aromatic heterocycles. The van der Waals surface area contributed by atoms with Crippen LogP contribution in [-0.2, 0) is 6.42 Å². The molecule has 0 saturated heterocycles. The second kappa shape index (κ2) is 6.11. The zero-order valence-electron chi connectivity index (χ0n) is 8.06. The molecule has 13 heavy (non-hydrogen) atoms. The summed E-state index contributed by atoms with van der Waals surface area (Å²) in [5.74, 6) is 0.210. The molecule has 0 fully saturated rings. The van der Waals surface area contributed by atoms with E-state index in [-0.39, 0.29) is 5.75 Å². The second-order valence-corrected chi connectivity index (χ2v) is 3.06. The maximum Gasteiger partial charge on any atom is 0.120 e. The largest absolute Gasteiger partial charge is 0.508 e. The Morgan fingerprint density at radius 3 is 2.08 bits per heavy atom. The number of benzene rings is 1. The quantitative estimate of drug-likeness (QED) is 0.749. The highest BCUT2D eigenvalue weighted by Gasteiger charge is 2.03. The lowest BCUT2D eigenvalue weighted by Gasteiger charge is -2.02. The van der Waals surface area contributed by atoms with Gasteiger partial charge in [-0.25, -0.2) is 0 Å². The van der Waals surface area contributed by atoms with E-state index in [2.05, 4.69) is 0 Å². The summed E-state index contributed by atoms with van der Waals surface area (Å²) in [4.78, 5) is 0. The molecule has 74 valence electrons. The minimum atomic E-state index is 0.210. The molecule has 0 unspecified atom stereocenters. The molecule has 0 atom stereocenters. The van der Waals surface area contributed by atoms with Gasteiger partial charge in [-0.1, -0.05) is 44.0 Å². The lowest BCUT2D eigenvalue weighted by atomic mass is 10.1. The van der Waals surface area contributed by atoms with Gasteiger partial charge in [-0.15, -0.1) is 0 Å². The third kappa shape index (κ3) is 3.45. The Labute approximate surface area is 89.3 Å². The first-order chi connectivity index (χ1) is 6.15. The highest BCUT2D eigenvalue weighted by Crippen LogP contribution is 2.29. The highest BCUT2D eigenvalue weighted by molar-refractivity contribution is 6.42. The summed E-state index contributed by atoms with van der Waals surface area (Å²) in [5.41, 5.74) is 0.819. The summed E-state index contributed by atoms with van der Waals surface area (Å²) in [6.07, 6.45) is 0.753. The van der Waals surface area contributed by atoms with Crippen LogP contribution in [0.15, 0.2) is 12.1 Å². The van der Waals surface area contributed by atoms with Crippen LogP contribution in [0.1, 0.15) is 26.3 Å². The molecule has 0 aliphatic heterocycles. The molecule has 0 aliphatic rings. The molecule has 1 aromatic rings. The Balaban J connectivity index is 0.000000671. The first-order valence-electron chi connectivity index (χ1n) is 4.32. The van der Waals surface area contributed by atoms with Gasteiger partial charge in [0, 0.05) is 6.07 Å². The summed E-state index contributed by atoms with van der Waals surface area (Å²) < 4.78 is 0. The number of hydrogen-bond donors (Lipinski definition) is 1. The third-order valence-corrected chi connectivity index (χ3v) is 2.22. The van der Waals surface area contributed by atoms with Gasteiger partial charge in [-0.3, -0.25) is 0 Å². The van der Waals surface area contributed by atoms with E-state index >= 15 is 0 Å². The van der Waals surface area contributed by atoms with Gasteiger partial charge in [0.2, 0.25) is 0 Å². The first kappa shape index (κ1) is 12.6. The molecule has 0 spiro atoms. The van der Waals surface area contributed by atoms with E-state index in [1.165, 1.54) is 6.07 Å². The fourth-order valence-electron chi connectivity index (χ4n) is 0.861. The van der Waals surface area contributed by atoms with Crippen LogP contribution in [0.3, 0.4) is 0 Å². The summed E-state index contributed by atoms with van der Waals surface area (Å²) >= 11 is 11.4. The van der Waals surface area contributed by atoms with Crippen molar-refractivity contribution in [3.05, 3.63) is 27.7 Å². The van der Waals surface area contributed by atoms with Crippen molar-refractivity contribution in [2.24, 2.45) is 0 Å². The molecule has 1 rings (SSSR count). The molecular formula is C10H14Cl2O. The highest BCUT2D eigenvalue weighted by atomic mass is 35.5. The molecule has 3 heteroatoms. The molecule has 0 radical (unpaired) electrons. The number of rotatable bonds is 1. The normalized spacial score (nSPS) is 9.00. The lowest BCUT2D eigenvalue weighted by Crippen LogP contribution is -1.81. The number of phenolic OH excluding ortho intramolecular Hbond substituents is 1. The van der Waals surface area contributed by atoms with E-state index in [1.54, 1.807) is 6.07 Å². The molecule has 0 heterocycles. The van der Waals surface area contributed by atoms with Crippen LogP contribution in [0.25, 0.3) is 0 Å². The Morgan fingerprint density at radius 1 is 1.15 bits per heavy atom. The van der Waals surface area contributed by atoms with Crippen LogP contribution in [0.2, 0.25) is 10.0 Å². The predicted octanol–water partition coefficient (Wildman–Crippen LogP) is 4.29. The zero-order valence-corrected chi connectivity index (χ0v) is 9.58. The van der Waals surface area contributed by atoms with Gasteiger partial charge in [-0.05, 0) is 18.1 Å². The van der Waals surface area contributed by atoms with E-state index in [9.17, 15) is 5.11 Å². The second-order valence-electron chi connectivity index (χ2n) is 2.25. The molecule has 0 saturated carbocycles. The number of halogens is 2. The van der Waals surface area contributed by atoms with E-state index in [4.69, 9.17) is 23.2 Å². The van der Waals surface area contributed by atoms with Crippen molar-refractivity contribution in [3.8, 4) is 5.75 Å². The van der Waals surface area contributed by atoms with Crippen molar-refractivity contribution in [1.29, 1.82) is 0 Å². The van der Waals surface area contributed by atoms with E-state index in [1.807, 2.05) is 20.8 Å². The van der Waals surface area contributed by atoms with Crippen LogP contribution in [0, 0.1) is 0 Å². The molecule has 1 N–H and O–H groups in total. The topological polar surface area (TPSA) is 20.2 Å². The summed E-state index contributed by atoms with van der Waals surface area (Å²) in [6.45, 7) is 5.94. The maximum atomic E-state index is 9.27. The maximum absolute atomic E-state index is 9.27. The molecule has 0 aliphatic carbocycles. The van der Waals surface area contributed by atoms with Gasteiger partial charge in [0.25, 0.3) is 0 Å². The minimum absolute atomic E-state index is 0.210. The van der Waals surface area contributed by atoms with Crippen LogP contribution in [0.4, 0.5) is 0 Å². The monoisotopic (exact) mass is 220 g/mol. The smallest absolute Gasteiger partial charge is 0.120 e. The van der Waals surface area contributed by atoms with Crippen molar-refractivity contribution >= 4 is 23.2 Å².